The van der Waals surface area contributed by atoms with Crippen LogP contribution in [0.4, 0.5) is 0 Å². The van der Waals surface area contributed by atoms with E-state index in [1.165, 1.54) is 0 Å². The molecular weight excluding hydrogens is 266 g/mol. The summed E-state index contributed by atoms with van der Waals surface area (Å²) < 4.78 is 0. The molecule has 2 aromatic rings. The Bertz CT molecular complexity index is 484. The molecule has 18 heavy (non-hydrogen) atoms. The summed E-state index contributed by atoms with van der Waals surface area (Å²) in [6.07, 6.45) is 0.427. The molecule has 1 aromatic heterocycles. The van der Waals surface area contributed by atoms with Crippen molar-refractivity contribution < 1.29 is 4.79 Å². The molecule has 2 nitrogen and oxygen atoms in total. The summed E-state index contributed by atoms with van der Waals surface area (Å²) in [5, 5.41) is 4.64. The topological polar surface area (TPSA) is 29.1 Å². The minimum absolute atomic E-state index is 0.0130. The second-order valence-corrected chi connectivity index (χ2v) is 5.50. The van der Waals surface area contributed by atoms with Gasteiger partial charge >= 0.3 is 0 Å². The summed E-state index contributed by atoms with van der Waals surface area (Å²) >= 11 is 7.81. The molecule has 94 valence electrons. The highest BCUT2D eigenvalue weighted by molar-refractivity contribution is 7.10. The SMILES string of the molecule is O=C(Cc1cccs1)NCC(Cl)c1ccccc1. The second kappa shape index (κ2) is 6.57. The van der Waals surface area contributed by atoms with E-state index in [9.17, 15) is 4.79 Å². The van der Waals surface area contributed by atoms with Gasteiger partial charge in [-0.15, -0.1) is 22.9 Å². The molecule has 0 bridgehead atoms. The van der Waals surface area contributed by atoms with Crippen molar-refractivity contribution in [2.45, 2.75) is 11.8 Å². The number of hydrogen-bond acceptors (Lipinski definition) is 2. The highest BCUT2D eigenvalue weighted by Gasteiger charge is 2.09. The van der Waals surface area contributed by atoms with Gasteiger partial charge in [0.1, 0.15) is 0 Å². The fourth-order valence-electron chi connectivity index (χ4n) is 1.62. The van der Waals surface area contributed by atoms with Gasteiger partial charge in [-0.2, -0.15) is 0 Å². The summed E-state index contributed by atoms with van der Waals surface area (Å²) in [5.74, 6) is 0.0130. The molecule has 0 saturated carbocycles. The van der Waals surface area contributed by atoms with Crippen LogP contribution < -0.4 is 5.32 Å². The van der Waals surface area contributed by atoms with Gasteiger partial charge in [0.05, 0.1) is 11.8 Å². The highest BCUT2D eigenvalue weighted by atomic mass is 35.5. The molecule has 1 amide bonds. The van der Waals surface area contributed by atoms with Crippen LogP contribution in [-0.2, 0) is 11.2 Å². The van der Waals surface area contributed by atoms with Gasteiger partial charge in [0.2, 0.25) is 5.91 Å². The lowest BCUT2D eigenvalue weighted by Crippen LogP contribution is -2.28. The third-order valence-electron chi connectivity index (χ3n) is 2.55. The zero-order valence-electron chi connectivity index (χ0n) is 9.80. The maximum Gasteiger partial charge on any atom is 0.225 e. The van der Waals surface area contributed by atoms with Crippen LogP contribution in [0.1, 0.15) is 15.8 Å². The number of alkyl halides is 1. The summed E-state index contributed by atoms with van der Waals surface area (Å²) in [4.78, 5) is 12.8. The van der Waals surface area contributed by atoms with Crippen LogP contribution in [-0.4, -0.2) is 12.5 Å². The Labute approximate surface area is 116 Å². The highest BCUT2D eigenvalue weighted by Crippen LogP contribution is 2.18. The van der Waals surface area contributed by atoms with E-state index in [1.54, 1.807) is 11.3 Å². The number of carbonyl (C=O) groups excluding carboxylic acids is 1. The molecule has 1 unspecified atom stereocenters. The van der Waals surface area contributed by atoms with E-state index in [0.717, 1.165) is 10.4 Å². The summed E-state index contributed by atoms with van der Waals surface area (Å²) in [5.41, 5.74) is 1.02. The predicted molar refractivity (Wildman–Crippen MR) is 76.1 cm³/mol. The van der Waals surface area contributed by atoms with Gasteiger partial charge in [-0.3, -0.25) is 4.79 Å². The van der Waals surface area contributed by atoms with Gasteiger partial charge in [0.15, 0.2) is 0 Å². The minimum Gasteiger partial charge on any atom is -0.354 e. The van der Waals surface area contributed by atoms with Crippen molar-refractivity contribution in [2.75, 3.05) is 6.54 Å². The molecule has 0 saturated heterocycles. The van der Waals surface area contributed by atoms with Gasteiger partial charge in [-0.1, -0.05) is 36.4 Å². The lowest BCUT2D eigenvalue weighted by molar-refractivity contribution is -0.120. The van der Waals surface area contributed by atoms with E-state index in [-0.39, 0.29) is 11.3 Å². The van der Waals surface area contributed by atoms with Crippen molar-refractivity contribution in [3.05, 3.63) is 58.3 Å². The number of carbonyl (C=O) groups is 1. The number of rotatable bonds is 5. The Hall–Kier alpha value is -1.32. The molecule has 0 aliphatic rings. The molecule has 0 aliphatic carbocycles. The van der Waals surface area contributed by atoms with Crippen LogP contribution >= 0.6 is 22.9 Å². The first kappa shape index (κ1) is 13.1. The van der Waals surface area contributed by atoms with Crippen molar-refractivity contribution in [1.29, 1.82) is 0 Å². The van der Waals surface area contributed by atoms with Crippen molar-refractivity contribution in [2.24, 2.45) is 0 Å². The van der Waals surface area contributed by atoms with Crippen LogP contribution in [0.15, 0.2) is 47.8 Å². The van der Waals surface area contributed by atoms with Gasteiger partial charge in [-0.25, -0.2) is 0 Å². The molecular formula is C14H14ClNOS. The first-order valence-electron chi connectivity index (χ1n) is 5.74. The number of benzene rings is 1. The minimum atomic E-state index is -0.182. The van der Waals surface area contributed by atoms with Crippen molar-refractivity contribution in [3.8, 4) is 0 Å². The Morgan fingerprint density at radius 2 is 2.00 bits per heavy atom. The monoisotopic (exact) mass is 279 g/mol. The Morgan fingerprint density at radius 3 is 2.67 bits per heavy atom. The van der Waals surface area contributed by atoms with Crippen LogP contribution in [0.5, 0.6) is 0 Å². The van der Waals surface area contributed by atoms with Gasteiger partial charge < -0.3 is 5.32 Å². The number of hydrogen-bond donors (Lipinski definition) is 1. The average molecular weight is 280 g/mol. The van der Waals surface area contributed by atoms with Crippen LogP contribution in [0, 0.1) is 0 Å². The smallest absolute Gasteiger partial charge is 0.225 e. The molecule has 1 heterocycles. The van der Waals surface area contributed by atoms with E-state index in [2.05, 4.69) is 5.32 Å². The van der Waals surface area contributed by atoms with Crippen LogP contribution in [0.3, 0.4) is 0 Å². The third kappa shape index (κ3) is 3.86. The lowest BCUT2D eigenvalue weighted by atomic mass is 10.1. The van der Waals surface area contributed by atoms with E-state index in [1.807, 2.05) is 47.8 Å². The first-order valence-corrected chi connectivity index (χ1v) is 7.05. The maximum atomic E-state index is 11.7. The van der Waals surface area contributed by atoms with Gasteiger partial charge in [0.25, 0.3) is 0 Å². The van der Waals surface area contributed by atoms with Crippen molar-refractivity contribution in [3.63, 3.8) is 0 Å². The van der Waals surface area contributed by atoms with Gasteiger partial charge in [0, 0.05) is 11.4 Å². The molecule has 1 N–H and O–H groups in total. The van der Waals surface area contributed by atoms with Crippen LogP contribution in [0.25, 0.3) is 0 Å². The summed E-state index contributed by atoms with van der Waals surface area (Å²) in [7, 11) is 0. The zero-order chi connectivity index (χ0) is 12.8. The lowest BCUT2D eigenvalue weighted by Gasteiger charge is -2.10. The normalized spacial score (nSPS) is 12.1. The van der Waals surface area contributed by atoms with Crippen LogP contribution in [0.2, 0.25) is 0 Å². The predicted octanol–water partition coefficient (Wildman–Crippen LogP) is 3.39. The first-order chi connectivity index (χ1) is 8.75. The summed E-state index contributed by atoms with van der Waals surface area (Å²) in [6, 6.07) is 13.7. The third-order valence-corrected chi connectivity index (χ3v) is 3.84. The average Bonchev–Trinajstić information content (AvgIpc) is 2.90. The molecule has 1 atom stereocenters. The quantitative estimate of drug-likeness (QED) is 0.835. The number of nitrogens with one attached hydrogen (secondary N) is 1. The Kier molecular flexibility index (Phi) is 4.79. The number of amides is 1. The second-order valence-electron chi connectivity index (χ2n) is 3.94. The molecule has 1 aromatic carbocycles. The van der Waals surface area contributed by atoms with E-state index in [0.29, 0.717) is 13.0 Å². The number of thiophene rings is 1. The fraction of sp³-hybridized carbons (Fsp3) is 0.214. The zero-order valence-corrected chi connectivity index (χ0v) is 11.4. The molecule has 2 rings (SSSR count). The fourth-order valence-corrected chi connectivity index (χ4v) is 2.54. The van der Waals surface area contributed by atoms with E-state index < -0.39 is 0 Å². The molecule has 0 spiro atoms. The van der Waals surface area contributed by atoms with Crippen molar-refractivity contribution >= 4 is 28.8 Å². The number of halogens is 1. The Balaban J connectivity index is 1.79. The molecule has 0 radical (unpaired) electrons. The van der Waals surface area contributed by atoms with E-state index in [4.69, 9.17) is 11.6 Å². The molecule has 0 fully saturated rings. The Morgan fingerprint density at radius 1 is 1.22 bits per heavy atom. The molecule has 0 aliphatic heterocycles. The largest absolute Gasteiger partial charge is 0.354 e. The molecule has 4 heteroatoms. The van der Waals surface area contributed by atoms with Crippen molar-refractivity contribution in [1.82, 2.24) is 5.32 Å². The standard InChI is InChI=1S/C14H14ClNOS/c15-13(11-5-2-1-3-6-11)10-16-14(17)9-12-7-4-8-18-12/h1-8,13H,9-10H2,(H,16,17). The van der Waals surface area contributed by atoms with E-state index >= 15 is 0 Å². The summed E-state index contributed by atoms with van der Waals surface area (Å²) in [6.45, 7) is 0.454. The maximum absolute atomic E-state index is 11.7. The van der Waals surface area contributed by atoms with Gasteiger partial charge in [-0.05, 0) is 17.0 Å².